The zero-order valence-corrected chi connectivity index (χ0v) is 13.2. The van der Waals surface area contributed by atoms with Gasteiger partial charge in [-0.05, 0) is 25.7 Å². The van der Waals surface area contributed by atoms with Crippen LogP contribution >= 0.6 is 12.4 Å². The van der Waals surface area contributed by atoms with Crippen molar-refractivity contribution in [2.75, 3.05) is 19.6 Å². The highest BCUT2D eigenvalue weighted by Gasteiger charge is 2.56. The van der Waals surface area contributed by atoms with Crippen LogP contribution in [-0.4, -0.2) is 47.3 Å². The predicted molar refractivity (Wildman–Crippen MR) is 76.1 cm³/mol. The summed E-state index contributed by atoms with van der Waals surface area (Å²) in [4.78, 5) is 13.6. The lowest BCUT2D eigenvalue weighted by molar-refractivity contribution is -0.273. The number of carbonyl (C=O) groups is 1. The topological polar surface area (TPSA) is 66.6 Å². The van der Waals surface area contributed by atoms with Crippen LogP contribution in [0.15, 0.2) is 0 Å². The quantitative estimate of drug-likeness (QED) is 0.828. The van der Waals surface area contributed by atoms with Crippen LogP contribution in [-0.2, 0) is 4.79 Å². The van der Waals surface area contributed by atoms with E-state index < -0.39 is 23.7 Å². The molecule has 0 bridgehead atoms. The summed E-state index contributed by atoms with van der Waals surface area (Å²) in [6.07, 6.45) is -4.01. The summed E-state index contributed by atoms with van der Waals surface area (Å²) in [5, 5.41) is 9.76. The molecule has 1 saturated heterocycles. The van der Waals surface area contributed by atoms with Crippen molar-refractivity contribution in [1.82, 2.24) is 4.90 Å². The molecule has 126 valence electrons. The minimum Gasteiger partial charge on any atom is -0.379 e. The number of likely N-dealkylation sites (tertiary alicyclic amines) is 1. The van der Waals surface area contributed by atoms with E-state index in [1.54, 1.807) is 13.8 Å². The second kappa shape index (κ2) is 7.15. The SMILES string of the molecule is CCC(CC)(CN)C(=O)N1CCCC(O)(C(F)(F)F)C1.Cl. The largest absolute Gasteiger partial charge is 0.418 e. The monoisotopic (exact) mass is 332 g/mol. The van der Waals surface area contributed by atoms with Crippen LogP contribution < -0.4 is 5.73 Å². The Morgan fingerprint density at radius 3 is 2.24 bits per heavy atom. The van der Waals surface area contributed by atoms with E-state index in [9.17, 15) is 23.1 Å². The van der Waals surface area contributed by atoms with Crippen LogP contribution in [0.2, 0.25) is 0 Å². The second-order valence-corrected chi connectivity index (χ2v) is 5.55. The van der Waals surface area contributed by atoms with Crippen molar-refractivity contribution in [2.45, 2.75) is 51.3 Å². The van der Waals surface area contributed by atoms with Gasteiger partial charge in [-0.25, -0.2) is 0 Å². The maximum atomic E-state index is 12.9. The molecule has 0 saturated carbocycles. The van der Waals surface area contributed by atoms with Crippen LogP contribution in [0.3, 0.4) is 0 Å². The van der Waals surface area contributed by atoms with Gasteiger partial charge in [0.25, 0.3) is 0 Å². The van der Waals surface area contributed by atoms with Gasteiger partial charge in [0.05, 0.1) is 12.0 Å². The normalized spacial score (nSPS) is 23.7. The molecular formula is C13H24ClF3N2O2. The van der Waals surface area contributed by atoms with Crippen molar-refractivity contribution in [3.8, 4) is 0 Å². The fourth-order valence-corrected chi connectivity index (χ4v) is 2.70. The molecule has 1 unspecified atom stereocenters. The molecule has 0 aromatic heterocycles. The first-order chi connectivity index (χ1) is 9.15. The van der Waals surface area contributed by atoms with Crippen molar-refractivity contribution in [1.29, 1.82) is 0 Å². The van der Waals surface area contributed by atoms with Gasteiger partial charge in [0.2, 0.25) is 5.91 Å². The van der Waals surface area contributed by atoms with E-state index in [0.29, 0.717) is 12.8 Å². The zero-order chi connectivity index (χ0) is 15.6. The van der Waals surface area contributed by atoms with Crippen molar-refractivity contribution < 1.29 is 23.1 Å². The first kappa shape index (κ1) is 20.5. The number of piperidine rings is 1. The Kier molecular flexibility index (Phi) is 6.97. The van der Waals surface area contributed by atoms with E-state index in [1.807, 2.05) is 0 Å². The number of nitrogens with two attached hydrogens (primary N) is 1. The first-order valence-electron chi connectivity index (χ1n) is 6.94. The van der Waals surface area contributed by atoms with Gasteiger partial charge in [-0.2, -0.15) is 13.2 Å². The van der Waals surface area contributed by atoms with E-state index in [2.05, 4.69) is 0 Å². The van der Waals surface area contributed by atoms with Gasteiger partial charge in [-0.1, -0.05) is 13.8 Å². The lowest BCUT2D eigenvalue weighted by Crippen LogP contribution is -2.60. The maximum absolute atomic E-state index is 12.9. The number of carbonyl (C=O) groups excluding carboxylic acids is 1. The molecule has 1 rings (SSSR count). The average molecular weight is 333 g/mol. The number of alkyl halides is 3. The Labute approximate surface area is 129 Å². The highest BCUT2D eigenvalue weighted by atomic mass is 35.5. The van der Waals surface area contributed by atoms with Gasteiger partial charge in [0.1, 0.15) is 0 Å². The predicted octanol–water partition coefficient (Wildman–Crippen LogP) is 2.09. The fourth-order valence-electron chi connectivity index (χ4n) is 2.70. The minimum atomic E-state index is -4.73. The van der Waals surface area contributed by atoms with E-state index in [1.165, 1.54) is 0 Å². The Hall–Kier alpha value is -0.530. The zero-order valence-electron chi connectivity index (χ0n) is 12.4. The molecule has 0 aliphatic carbocycles. The molecule has 0 radical (unpaired) electrons. The summed E-state index contributed by atoms with van der Waals surface area (Å²) >= 11 is 0. The Morgan fingerprint density at radius 2 is 1.86 bits per heavy atom. The van der Waals surface area contributed by atoms with E-state index in [-0.39, 0.29) is 44.2 Å². The average Bonchev–Trinajstić information content (AvgIpc) is 2.40. The molecular weight excluding hydrogens is 309 g/mol. The molecule has 1 aliphatic heterocycles. The standard InChI is InChI=1S/C13H23F3N2O2.ClH/c1-3-11(4-2,8-17)10(19)18-7-5-6-12(20,9-18)13(14,15)16;/h20H,3-9,17H2,1-2H3;1H. The number of halogens is 4. The van der Waals surface area contributed by atoms with Crippen molar-refractivity contribution in [3.05, 3.63) is 0 Å². The molecule has 1 fully saturated rings. The third-order valence-electron chi connectivity index (χ3n) is 4.48. The molecule has 0 spiro atoms. The summed E-state index contributed by atoms with van der Waals surface area (Å²) in [6, 6.07) is 0. The first-order valence-corrected chi connectivity index (χ1v) is 6.94. The maximum Gasteiger partial charge on any atom is 0.418 e. The van der Waals surface area contributed by atoms with Crippen molar-refractivity contribution in [2.24, 2.45) is 11.1 Å². The molecule has 1 aliphatic rings. The van der Waals surface area contributed by atoms with E-state index in [0.717, 1.165) is 4.90 Å². The smallest absolute Gasteiger partial charge is 0.379 e. The molecule has 3 N–H and O–H groups in total. The Morgan fingerprint density at radius 1 is 1.33 bits per heavy atom. The summed E-state index contributed by atoms with van der Waals surface area (Å²) in [6.45, 7) is 3.23. The molecule has 1 amide bonds. The van der Waals surface area contributed by atoms with Gasteiger partial charge in [-0.3, -0.25) is 4.79 Å². The van der Waals surface area contributed by atoms with E-state index >= 15 is 0 Å². The summed E-state index contributed by atoms with van der Waals surface area (Å²) in [5.74, 6) is -0.382. The molecule has 8 heteroatoms. The highest BCUT2D eigenvalue weighted by molar-refractivity contribution is 5.85. The van der Waals surface area contributed by atoms with Gasteiger partial charge in [0.15, 0.2) is 5.60 Å². The van der Waals surface area contributed by atoms with Crippen LogP contribution in [0.5, 0.6) is 0 Å². The van der Waals surface area contributed by atoms with Crippen LogP contribution in [0, 0.1) is 5.41 Å². The van der Waals surface area contributed by atoms with Gasteiger partial charge < -0.3 is 15.7 Å². The number of aliphatic hydroxyl groups is 1. The number of nitrogens with zero attached hydrogens (tertiary/aromatic N) is 1. The lowest BCUT2D eigenvalue weighted by atomic mass is 9.79. The van der Waals surface area contributed by atoms with Gasteiger partial charge in [0, 0.05) is 13.1 Å². The number of β-amino-alcohol motifs (C(OH)–C–C–N with tert-alkyl or cyclic N) is 1. The van der Waals surface area contributed by atoms with Gasteiger partial charge >= 0.3 is 6.18 Å². The summed E-state index contributed by atoms with van der Waals surface area (Å²) in [7, 11) is 0. The molecule has 1 heterocycles. The summed E-state index contributed by atoms with van der Waals surface area (Å²) in [5.41, 5.74) is 2.03. The number of amides is 1. The molecule has 0 aromatic rings. The van der Waals surface area contributed by atoms with Gasteiger partial charge in [-0.15, -0.1) is 12.4 Å². The van der Waals surface area contributed by atoms with Crippen molar-refractivity contribution in [3.63, 3.8) is 0 Å². The molecule has 1 atom stereocenters. The molecule has 0 aromatic carbocycles. The van der Waals surface area contributed by atoms with Crippen LogP contribution in [0.25, 0.3) is 0 Å². The summed E-state index contributed by atoms with van der Waals surface area (Å²) < 4.78 is 38.7. The van der Waals surface area contributed by atoms with Crippen LogP contribution in [0.4, 0.5) is 13.2 Å². The Balaban J connectivity index is 0.00000400. The third kappa shape index (κ3) is 3.81. The number of hydrogen-bond donors (Lipinski definition) is 2. The third-order valence-corrected chi connectivity index (χ3v) is 4.48. The highest BCUT2D eigenvalue weighted by Crippen LogP contribution is 2.39. The fraction of sp³-hybridized carbons (Fsp3) is 0.923. The Bertz CT molecular complexity index is 354. The van der Waals surface area contributed by atoms with Crippen molar-refractivity contribution >= 4 is 18.3 Å². The molecule has 21 heavy (non-hydrogen) atoms. The lowest BCUT2D eigenvalue weighted by Gasteiger charge is -2.43. The number of rotatable bonds is 4. The van der Waals surface area contributed by atoms with E-state index in [4.69, 9.17) is 5.73 Å². The van der Waals surface area contributed by atoms with Crippen LogP contribution in [0.1, 0.15) is 39.5 Å². The number of hydrogen-bond acceptors (Lipinski definition) is 3. The molecule has 4 nitrogen and oxygen atoms in total. The minimum absolute atomic E-state index is 0. The second-order valence-electron chi connectivity index (χ2n) is 5.55.